The van der Waals surface area contributed by atoms with Crippen molar-refractivity contribution >= 4 is 29.1 Å². The van der Waals surface area contributed by atoms with Crippen LogP contribution in [0.2, 0.25) is 10.0 Å². The average molecular weight is 404 g/mol. The van der Waals surface area contributed by atoms with Gasteiger partial charge in [-0.3, -0.25) is 4.79 Å². The van der Waals surface area contributed by atoms with Crippen LogP contribution >= 0.6 is 23.2 Å². The molecule has 1 atom stereocenters. The molecule has 0 radical (unpaired) electrons. The van der Waals surface area contributed by atoms with Crippen LogP contribution in [0.1, 0.15) is 24.7 Å². The molecule has 3 aromatic rings. The van der Waals surface area contributed by atoms with E-state index in [-0.39, 0.29) is 18.4 Å². The van der Waals surface area contributed by atoms with Crippen LogP contribution in [-0.2, 0) is 17.6 Å². The smallest absolute Gasteiger partial charge is 0.257 e. The molecular formula is C20H19Cl2N3O2. The van der Waals surface area contributed by atoms with Crippen LogP contribution in [-0.4, -0.2) is 22.1 Å². The van der Waals surface area contributed by atoms with Gasteiger partial charge in [-0.1, -0.05) is 58.7 Å². The number of halogens is 2. The topological polar surface area (TPSA) is 68.0 Å². The monoisotopic (exact) mass is 403 g/mol. The van der Waals surface area contributed by atoms with Gasteiger partial charge in [0, 0.05) is 11.6 Å². The summed E-state index contributed by atoms with van der Waals surface area (Å²) in [5.74, 6) is 0.481. The minimum atomic E-state index is -0.142. The Bertz CT molecular complexity index is 913. The lowest BCUT2D eigenvalue weighted by molar-refractivity contribution is -0.121. The fourth-order valence-corrected chi connectivity index (χ4v) is 2.94. The molecule has 0 aliphatic carbocycles. The van der Waals surface area contributed by atoms with Crippen molar-refractivity contribution in [2.45, 2.75) is 32.2 Å². The molecule has 3 rings (SSSR count). The minimum Gasteiger partial charge on any atom is -0.353 e. The van der Waals surface area contributed by atoms with Crippen molar-refractivity contribution < 1.29 is 9.32 Å². The van der Waals surface area contributed by atoms with Gasteiger partial charge in [-0.05, 0) is 43.5 Å². The van der Waals surface area contributed by atoms with Crippen LogP contribution in [0.25, 0.3) is 11.5 Å². The zero-order valence-electron chi connectivity index (χ0n) is 14.8. The van der Waals surface area contributed by atoms with Gasteiger partial charge in [-0.25, -0.2) is 0 Å². The van der Waals surface area contributed by atoms with E-state index in [1.54, 1.807) is 18.2 Å². The van der Waals surface area contributed by atoms with Crippen molar-refractivity contribution in [1.82, 2.24) is 15.5 Å². The van der Waals surface area contributed by atoms with E-state index in [0.29, 0.717) is 27.3 Å². The average Bonchev–Trinajstić information content (AvgIpc) is 3.11. The fourth-order valence-electron chi connectivity index (χ4n) is 2.64. The van der Waals surface area contributed by atoms with Crippen LogP contribution in [0.15, 0.2) is 53.1 Å². The largest absolute Gasteiger partial charge is 0.353 e. The van der Waals surface area contributed by atoms with Crippen molar-refractivity contribution in [1.29, 1.82) is 0 Å². The van der Waals surface area contributed by atoms with Crippen LogP contribution < -0.4 is 5.32 Å². The molecule has 0 spiro atoms. The molecule has 7 heteroatoms. The van der Waals surface area contributed by atoms with Crippen LogP contribution in [0.3, 0.4) is 0 Å². The van der Waals surface area contributed by atoms with Gasteiger partial charge in [0.1, 0.15) is 0 Å². The van der Waals surface area contributed by atoms with E-state index in [1.165, 1.54) is 5.56 Å². The summed E-state index contributed by atoms with van der Waals surface area (Å²) in [5.41, 5.74) is 1.91. The lowest BCUT2D eigenvalue weighted by Gasteiger charge is -2.13. The highest BCUT2D eigenvalue weighted by Gasteiger charge is 2.15. The fraction of sp³-hybridized carbons (Fsp3) is 0.250. The highest BCUT2D eigenvalue weighted by Crippen LogP contribution is 2.27. The third-order valence-electron chi connectivity index (χ3n) is 4.07. The van der Waals surface area contributed by atoms with E-state index in [0.717, 1.165) is 12.8 Å². The van der Waals surface area contributed by atoms with E-state index in [1.807, 2.05) is 25.1 Å². The van der Waals surface area contributed by atoms with Gasteiger partial charge in [-0.2, -0.15) is 4.98 Å². The number of nitrogens with zero attached hydrogens (tertiary/aromatic N) is 2. The van der Waals surface area contributed by atoms with Crippen molar-refractivity contribution in [3.63, 3.8) is 0 Å². The number of nitrogens with one attached hydrogen (secondary N) is 1. The second-order valence-corrected chi connectivity index (χ2v) is 7.13. The SMILES string of the molecule is CC(CCc1ccccc1)NC(=O)Cc1noc(-c2ccc(Cl)c(Cl)c2)n1. The van der Waals surface area contributed by atoms with Crippen molar-refractivity contribution in [3.05, 3.63) is 70.0 Å². The van der Waals surface area contributed by atoms with Gasteiger partial charge in [0.15, 0.2) is 5.82 Å². The number of hydrogen-bond acceptors (Lipinski definition) is 4. The summed E-state index contributed by atoms with van der Waals surface area (Å²) < 4.78 is 5.21. The molecule has 1 amide bonds. The first kappa shape index (κ1) is 19.4. The van der Waals surface area contributed by atoms with Gasteiger partial charge in [-0.15, -0.1) is 0 Å². The summed E-state index contributed by atoms with van der Waals surface area (Å²) in [6.07, 6.45) is 1.82. The van der Waals surface area contributed by atoms with E-state index in [2.05, 4.69) is 27.6 Å². The Labute approximate surface area is 167 Å². The molecule has 0 bridgehead atoms. The summed E-state index contributed by atoms with van der Waals surface area (Å²) in [4.78, 5) is 16.5. The van der Waals surface area contributed by atoms with Gasteiger partial charge in [0.05, 0.1) is 16.5 Å². The number of carbonyl (C=O) groups excluding carboxylic acids is 1. The summed E-state index contributed by atoms with van der Waals surface area (Å²) in [6.45, 7) is 1.98. The van der Waals surface area contributed by atoms with Gasteiger partial charge >= 0.3 is 0 Å². The predicted octanol–water partition coefficient (Wildman–Crippen LogP) is 4.72. The standard InChI is InChI=1S/C20H19Cl2N3O2/c1-13(7-8-14-5-3-2-4-6-14)23-19(26)12-18-24-20(27-25-18)15-9-10-16(21)17(22)11-15/h2-6,9-11,13H,7-8,12H2,1H3,(H,23,26). The first-order valence-electron chi connectivity index (χ1n) is 8.62. The van der Waals surface area contributed by atoms with Gasteiger partial charge in [0.2, 0.25) is 5.91 Å². The second kappa shape index (κ2) is 9.02. The predicted molar refractivity (Wildman–Crippen MR) is 106 cm³/mol. The number of benzene rings is 2. The van der Waals surface area contributed by atoms with Crippen molar-refractivity contribution in [2.24, 2.45) is 0 Å². The Balaban J connectivity index is 1.52. The number of carbonyl (C=O) groups is 1. The van der Waals surface area contributed by atoms with E-state index in [4.69, 9.17) is 27.7 Å². The Kier molecular flexibility index (Phi) is 6.48. The maximum atomic E-state index is 12.2. The van der Waals surface area contributed by atoms with Gasteiger partial charge in [0.25, 0.3) is 5.89 Å². The molecule has 2 aromatic carbocycles. The molecule has 0 saturated carbocycles. The molecule has 140 valence electrons. The maximum absolute atomic E-state index is 12.2. The molecule has 0 aliphatic rings. The normalized spacial score (nSPS) is 12.0. The zero-order chi connectivity index (χ0) is 19.2. The highest BCUT2D eigenvalue weighted by atomic mass is 35.5. The molecular weight excluding hydrogens is 385 g/mol. The third-order valence-corrected chi connectivity index (χ3v) is 4.81. The van der Waals surface area contributed by atoms with E-state index >= 15 is 0 Å². The van der Waals surface area contributed by atoms with Crippen LogP contribution in [0.5, 0.6) is 0 Å². The maximum Gasteiger partial charge on any atom is 0.257 e. The van der Waals surface area contributed by atoms with Crippen LogP contribution in [0, 0.1) is 0 Å². The number of hydrogen-bond donors (Lipinski definition) is 1. The Morgan fingerprint density at radius 2 is 1.93 bits per heavy atom. The van der Waals surface area contributed by atoms with E-state index < -0.39 is 0 Å². The van der Waals surface area contributed by atoms with Crippen LogP contribution in [0.4, 0.5) is 0 Å². The highest BCUT2D eigenvalue weighted by molar-refractivity contribution is 6.42. The number of rotatable bonds is 7. The third kappa shape index (κ3) is 5.55. The summed E-state index contributed by atoms with van der Waals surface area (Å²) in [6, 6.07) is 15.3. The molecule has 27 heavy (non-hydrogen) atoms. The summed E-state index contributed by atoms with van der Waals surface area (Å²) >= 11 is 11.9. The molecule has 0 saturated heterocycles. The molecule has 5 nitrogen and oxygen atoms in total. The van der Waals surface area contributed by atoms with Crippen molar-refractivity contribution in [2.75, 3.05) is 0 Å². The molecule has 0 aliphatic heterocycles. The first-order valence-corrected chi connectivity index (χ1v) is 9.38. The molecule has 1 aromatic heterocycles. The first-order chi connectivity index (χ1) is 13.0. The molecule has 0 fully saturated rings. The second-order valence-electron chi connectivity index (χ2n) is 6.31. The molecule has 1 heterocycles. The minimum absolute atomic E-state index is 0.0548. The summed E-state index contributed by atoms with van der Waals surface area (Å²) in [5, 5.41) is 7.68. The van der Waals surface area contributed by atoms with Gasteiger partial charge < -0.3 is 9.84 Å². The zero-order valence-corrected chi connectivity index (χ0v) is 16.3. The number of amides is 1. The Morgan fingerprint density at radius 1 is 1.15 bits per heavy atom. The molecule has 1 N–H and O–H groups in total. The number of aryl methyl sites for hydroxylation is 1. The Hall–Kier alpha value is -2.37. The molecule has 1 unspecified atom stereocenters. The Morgan fingerprint density at radius 3 is 2.67 bits per heavy atom. The summed E-state index contributed by atoms with van der Waals surface area (Å²) in [7, 11) is 0. The lowest BCUT2D eigenvalue weighted by Crippen LogP contribution is -2.34. The van der Waals surface area contributed by atoms with E-state index in [9.17, 15) is 4.79 Å². The lowest BCUT2D eigenvalue weighted by atomic mass is 10.1. The quantitative estimate of drug-likeness (QED) is 0.619. The number of aromatic nitrogens is 2. The van der Waals surface area contributed by atoms with Crippen molar-refractivity contribution in [3.8, 4) is 11.5 Å².